The van der Waals surface area contributed by atoms with Gasteiger partial charge in [0.2, 0.25) is 5.89 Å². The van der Waals surface area contributed by atoms with Gasteiger partial charge in [0.25, 0.3) is 5.91 Å². The van der Waals surface area contributed by atoms with Gasteiger partial charge in [-0.05, 0) is 38.5 Å². The monoisotopic (exact) mass is 355 g/mol. The summed E-state index contributed by atoms with van der Waals surface area (Å²) in [5, 5.41) is 6.66. The number of rotatable bonds is 7. The molecular weight excluding hydrogens is 334 g/mol. The summed E-state index contributed by atoms with van der Waals surface area (Å²) in [6, 6.07) is 8.94. The van der Waals surface area contributed by atoms with E-state index in [1.807, 2.05) is 38.1 Å². The summed E-state index contributed by atoms with van der Waals surface area (Å²) in [5.74, 6) is 1.82. The number of hydrogen-bond donors (Lipinski definition) is 1. The largest absolute Gasteiger partial charge is 0.486 e. The number of furan rings is 1. The number of amides is 1. The summed E-state index contributed by atoms with van der Waals surface area (Å²) in [4.78, 5) is 16.8. The van der Waals surface area contributed by atoms with Crippen molar-refractivity contribution >= 4 is 5.91 Å². The van der Waals surface area contributed by atoms with Gasteiger partial charge in [0.05, 0.1) is 11.8 Å². The zero-order valence-electron chi connectivity index (χ0n) is 15.0. The number of aryl methyl sites for hydroxylation is 2. The second kappa shape index (κ2) is 7.86. The average Bonchev–Trinajstić information content (AvgIpc) is 3.28. The van der Waals surface area contributed by atoms with Crippen molar-refractivity contribution in [2.75, 3.05) is 0 Å². The van der Waals surface area contributed by atoms with E-state index in [0.717, 1.165) is 5.56 Å². The molecule has 0 aliphatic carbocycles. The Morgan fingerprint density at radius 3 is 2.65 bits per heavy atom. The predicted molar refractivity (Wildman–Crippen MR) is 93.8 cm³/mol. The highest BCUT2D eigenvalue weighted by atomic mass is 16.5. The molecule has 7 nitrogen and oxygen atoms in total. The third-order valence-electron chi connectivity index (χ3n) is 3.94. The standard InChI is InChI=1S/C19H21N3O4/c1-4-16(19-20-13(3)22-26-19)21-18(23)15-9-10-24-17(15)11-25-14-7-5-12(2)6-8-14/h5-10,16H,4,11H2,1-3H3,(H,21,23)/t16-/m0/s1. The molecule has 1 aromatic carbocycles. The number of carbonyl (C=O) groups excluding carboxylic acids is 1. The van der Waals surface area contributed by atoms with E-state index < -0.39 is 0 Å². The summed E-state index contributed by atoms with van der Waals surface area (Å²) in [5.41, 5.74) is 1.57. The van der Waals surface area contributed by atoms with Gasteiger partial charge in [0.1, 0.15) is 18.4 Å². The first-order valence-corrected chi connectivity index (χ1v) is 8.43. The molecule has 0 saturated carbocycles. The fraction of sp³-hybridized carbons (Fsp3) is 0.316. The molecule has 136 valence electrons. The van der Waals surface area contributed by atoms with Crippen LogP contribution >= 0.6 is 0 Å². The smallest absolute Gasteiger partial charge is 0.255 e. The second-order valence-electron chi connectivity index (χ2n) is 5.97. The van der Waals surface area contributed by atoms with E-state index in [9.17, 15) is 4.79 Å². The normalized spacial score (nSPS) is 12.0. The van der Waals surface area contributed by atoms with Crippen molar-refractivity contribution in [1.82, 2.24) is 15.5 Å². The van der Waals surface area contributed by atoms with Crippen molar-refractivity contribution in [3.05, 3.63) is 65.2 Å². The van der Waals surface area contributed by atoms with Crippen LogP contribution in [0.5, 0.6) is 5.75 Å². The summed E-state index contributed by atoms with van der Waals surface area (Å²) < 4.78 is 16.3. The van der Waals surface area contributed by atoms with E-state index in [1.165, 1.54) is 6.26 Å². The maximum absolute atomic E-state index is 12.6. The lowest BCUT2D eigenvalue weighted by Crippen LogP contribution is -2.29. The van der Waals surface area contributed by atoms with Crippen LogP contribution in [0.3, 0.4) is 0 Å². The number of carbonyl (C=O) groups is 1. The van der Waals surface area contributed by atoms with Gasteiger partial charge in [-0.25, -0.2) is 0 Å². The van der Waals surface area contributed by atoms with E-state index in [2.05, 4.69) is 15.5 Å². The summed E-state index contributed by atoms with van der Waals surface area (Å²) in [6.45, 7) is 5.84. The Morgan fingerprint density at radius 2 is 2.00 bits per heavy atom. The van der Waals surface area contributed by atoms with Crippen LogP contribution in [0.2, 0.25) is 0 Å². The van der Waals surface area contributed by atoms with Gasteiger partial charge in [-0.1, -0.05) is 29.8 Å². The molecule has 2 aromatic heterocycles. The first-order valence-electron chi connectivity index (χ1n) is 8.43. The van der Waals surface area contributed by atoms with Crippen molar-refractivity contribution in [1.29, 1.82) is 0 Å². The zero-order chi connectivity index (χ0) is 18.5. The summed E-state index contributed by atoms with van der Waals surface area (Å²) >= 11 is 0. The van der Waals surface area contributed by atoms with E-state index in [0.29, 0.717) is 35.2 Å². The molecule has 1 N–H and O–H groups in total. The molecule has 0 saturated heterocycles. The fourth-order valence-corrected chi connectivity index (χ4v) is 2.47. The number of aromatic nitrogens is 2. The Balaban J connectivity index is 1.66. The van der Waals surface area contributed by atoms with Crippen LogP contribution < -0.4 is 10.1 Å². The second-order valence-corrected chi connectivity index (χ2v) is 5.97. The van der Waals surface area contributed by atoms with Gasteiger partial charge in [-0.15, -0.1) is 0 Å². The number of benzene rings is 1. The molecule has 0 radical (unpaired) electrons. The van der Waals surface area contributed by atoms with E-state index in [-0.39, 0.29) is 18.6 Å². The minimum atomic E-state index is -0.357. The number of hydrogen-bond acceptors (Lipinski definition) is 6. The lowest BCUT2D eigenvalue weighted by atomic mass is 10.2. The molecule has 0 aliphatic heterocycles. The first kappa shape index (κ1) is 17.7. The number of nitrogens with zero attached hydrogens (tertiary/aromatic N) is 2. The van der Waals surface area contributed by atoms with Crippen LogP contribution in [0.4, 0.5) is 0 Å². The molecule has 3 aromatic rings. The van der Waals surface area contributed by atoms with Crippen LogP contribution in [0.15, 0.2) is 45.5 Å². The maximum atomic E-state index is 12.6. The molecular formula is C19H21N3O4. The minimum Gasteiger partial charge on any atom is -0.486 e. The Morgan fingerprint density at radius 1 is 1.23 bits per heavy atom. The van der Waals surface area contributed by atoms with Crippen molar-refractivity contribution in [2.24, 2.45) is 0 Å². The van der Waals surface area contributed by atoms with Crippen LogP contribution in [0, 0.1) is 13.8 Å². The summed E-state index contributed by atoms with van der Waals surface area (Å²) in [7, 11) is 0. The van der Waals surface area contributed by atoms with Crippen LogP contribution in [0.25, 0.3) is 0 Å². The molecule has 1 amide bonds. The highest BCUT2D eigenvalue weighted by Crippen LogP contribution is 2.19. The van der Waals surface area contributed by atoms with Gasteiger partial charge in [0, 0.05) is 0 Å². The first-order chi connectivity index (χ1) is 12.6. The molecule has 0 bridgehead atoms. The lowest BCUT2D eigenvalue weighted by molar-refractivity contribution is 0.0922. The van der Waals surface area contributed by atoms with Crippen molar-refractivity contribution < 1.29 is 18.5 Å². The van der Waals surface area contributed by atoms with Crippen molar-refractivity contribution in [3.63, 3.8) is 0 Å². The van der Waals surface area contributed by atoms with Gasteiger partial charge >= 0.3 is 0 Å². The van der Waals surface area contributed by atoms with Crippen molar-refractivity contribution in [3.8, 4) is 5.75 Å². The fourth-order valence-electron chi connectivity index (χ4n) is 2.47. The van der Waals surface area contributed by atoms with Crippen LogP contribution in [-0.4, -0.2) is 16.0 Å². The Kier molecular flexibility index (Phi) is 5.36. The highest BCUT2D eigenvalue weighted by molar-refractivity contribution is 5.95. The highest BCUT2D eigenvalue weighted by Gasteiger charge is 2.22. The molecule has 1 atom stereocenters. The third-order valence-corrected chi connectivity index (χ3v) is 3.94. The van der Waals surface area contributed by atoms with Gasteiger partial charge < -0.3 is 19.0 Å². The minimum absolute atomic E-state index is 0.162. The lowest BCUT2D eigenvalue weighted by Gasteiger charge is -2.13. The van der Waals surface area contributed by atoms with Gasteiger partial charge in [-0.3, -0.25) is 4.79 Å². The van der Waals surface area contributed by atoms with E-state index >= 15 is 0 Å². The number of ether oxygens (including phenoxy) is 1. The Labute approximate surface area is 151 Å². The van der Waals surface area contributed by atoms with Gasteiger partial charge in [-0.2, -0.15) is 4.98 Å². The van der Waals surface area contributed by atoms with Gasteiger partial charge in [0.15, 0.2) is 11.6 Å². The molecule has 2 heterocycles. The molecule has 7 heteroatoms. The molecule has 3 rings (SSSR count). The quantitative estimate of drug-likeness (QED) is 0.694. The summed E-state index contributed by atoms with van der Waals surface area (Å²) in [6.07, 6.45) is 2.10. The van der Waals surface area contributed by atoms with Crippen molar-refractivity contribution in [2.45, 2.75) is 39.8 Å². The SMILES string of the molecule is CC[C@H](NC(=O)c1ccoc1COc1ccc(C)cc1)c1nc(C)no1. The van der Waals surface area contributed by atoms with Crippen LogP contribution in [0.1, 0.15) is 52.8 Å². The maximum Gasteiger partial charge on any atom is 0.255 e. The molecule has 0 aliphatic rings. The Bertz CT molecular complexity index is 867. The number of nitrogens with one attached hydrogen (secondary N) is 1. The Hall–Kier alpha value is -3.09. The molecule has 0 fully saturated rings. The van der Waals surface area contributed by atoms with E-state index in [1.54, 1.807) is 13.0 Å². The molecule has 0 spiro atoms. The topological polar surface area (TPSA) is 90.4 Å². The van der Waals surface area contributed by atoms with E-state index in [4.69, 9.17) is 13.7 Å². The average molecular weight is 355 g/mol. The molecule has 0 unspecified atom stereocenters. The zero-order valence-corrected chi connectivity index (χ0v) is 15.0. The van der Waals surface area contributed by atoms with Crippen LogP contribution in [-0.2, 0) is 6.61 Å². The third kappa shape index (κ3) is 4.11. The molecule has 26 heavy (non-hydrogen) atoms. The predicted octanol–water partition coefficient (Wildman–Crippen LogP) is 3.74.